The first-order valence-corrected chi connectivity index (χ1v) is 10.9. The van der Waals surface area contributed by atoms with Crippen LogP contribution in [0.25, 0.3) is 0 Å². The monoisotopic (exact) mass is 466 g/mol. The highest BCUT2D eigenvalue weighted by Crippen LogP contribution is 2.27. The zero-order valence-electron chi connectivity index (χ0n) is 18.5. The van der Waals surface area contributed by atoms with E-state index in [0.717, 1.165) is 31.4 Å². The fraction of sp³-hybridized carbons (Fsp3) is 0.500. The number of benzene rings is 1. The molecular weight excluding hydrogens is 437 g/mol. The van der Waals surface area contributed by atoms with E-state index in [-0.39, 0.29) is 19.0 Å². The Morgan fingerprint density at radius 2 is 1.76 bits per heavy atom. The maximum atomic E-state index is 13.0. The van der Waals surface area contributed by atoms with Crippen LogP contribution in [0.4, 0.5) is 18.9 Å². The summed E-state index contributed by atoms with van der Waals surface area (Å²) < 4.78 is 39.1. The summed E-state index contributed by atoms with van der Waals surface area (Å²) in [6.07, 6.45) is 0.388. The van der Waals surface area contributed by atoms with Crippen LogP contribution in [0.1, 0.15) is 31.7 Å². The van der Waals surface area contributed by atoms with E-state index in [1.807, 2.05) is 12.1 Å². The van der Waals surface area contributed by atoms with E-state index < -0.39 is 23.4 Å². The summed E-state index contributed by atoms with van der Waals surface area (Å²) in [5.41, 5.74) is 0.626. The first kappa shape index (κ1) is 24.6. The van der Waals surface area contributed by atoms with Crippen molar-refractivity contribution in [2.45, 2.75) is 44.7 Å². The fourth-order valence-electron chi connectivity index (χ4n) is 3.65. The topological polar surface area (TPSA) is 97.9 Å². The van der Waals surface area contributed by atoms with Crippen molar-refractivity contribution in [3.05, 3.63) is 41.6 Å². The maximum absolute atomic E-state index is 13.0. The average Bonchev–Trinajstić information content (AvgIpc) is 2.78. The number of hydrogen-bond acceptors (Lipinski definition) is 6. The highest BCUT2D eigenvalue weighted by atomic mass is 19.4. The van der Waals surface area contributed by atoms with Crippen molar-refractivity contribution in [2.75, 3.05) is 31.5 Å². The lowest BCUT2D eigenvalue weighted by molar-refractivity contribution is -0.126. The molecule has 2 aliphatic heterocycles. The van der Waals surface area contributed by atoms with Crippen molar-refractivity contribution in [2.24, 2.45) is 4.99 Å². The first-order valence-electron chi connectivity index (χ1n) is 10.9. The van der Waals surface area contributed by atoms with Gasteiger partial charge in [-0.25, -0.2) is 4.99 Å². The summed E-state index contributed by atoms with van der Waals surface area (Å²) in [6.45, 7) is 4.56. The molecule has 0 spiro atoms. The number of carbonyl (C=O) groups is 2. The Bertz CT molecular complexity index is 894. The maximum Gasteiger partial charge on any atom is 0.419 e. The molecule has 11 heteroatoms. The van der Waals surface area contributed by atoms with Crippen molar-refractivity contribution in [3.8, 4) is 0 Å². The van der Waals surface area contributed by atoms with Crippen LogP contribution in [-0.4, -0.2) is 61.1 Å². The number of halogens is 3. The van der Waals surface area contributed by atoms with Gasteiger partial charge >= 0.3 is 6.18 Å². The van der Waals surface area contributed by atoms with Gasteiger partial charge in [0.25, 0.3) is 11.7 Å². The predicted molar refractivity (Wildman–Crippen MR) is 119 cm³/mol. The van der Waals surface area contributed by atoms with Gasteiger partial charge in [0, 0.05) is 44.7 Å². The molecular formula is C22H29F3N6O2. The number of allylic oxidation sites excluding steroid dienone is 1. The van der Waals surface area contributed by atoms with Gasteiger partial charge in [-0.05, 0) is 43.6 Å². The highest BCUT2D eigenvalue weighted by molar-refractivity contribution is 5.93. The highest BCUT2D eigenvalue weighted by Gasteiger charge is 2.42. The minimum absolute atomic E-state index is 0.0870. The van der Waals surface area contributed by atoms with Crippen LogP contribution in [0.3, 0.4) is 0 Å². The van der Waals surface area contributed by atoms with E-state index in [0.29, 0.717) is 11.9 Å². The molecule has 180 valence electrons. The molecule has 2 amide bonds. The summed E-state index contributed by atoms with van der Waals surface area (Å²) in [5.74, 6) is -2.80. The Hall–Kier alpha value is -3.08. The number of nitrogens with zero attached hydrogens (tertiary/aromatic N) is 2. The lowest BCUT2D eigenvalue weighted by Crippen LogP contribution is -2.61. The normalized spacial score (nSPS) is 21.0. The molecule has 1 fully saturated rings. The van der Waals surface area contributed by atoms with Crippen LogP contribution in [0.5, 0.6) is 0 Å². The minimum atomic E-state index is -4.60. The third-order valence-electron chi connectivity index (χ3n) is 5.41. The molecule has 33 heavy (non-hydrogen) atoms. The second-order valence-electron chi connectivity index (χ2n) is 8.11. The van der Waals surface area contributed by atoms with Crippen LogP contribution in [0.2, 0.25) is 0 Å². The Labute approximate surface area is 190 Å². The number of aliphatic imine (C=N–C) groups is 1. The second kappa shape index (κ2) is 10.7. The Morgan fingerprint density at radius 1 is 1.09 bits per heavy atom. The number of rotatable bonds is 8. The second-order valence-corrected chi connectivity index (χ2v) is 8.11. The molecule has 1 saturated heterocycles. The Morgan fingerprint density at radius 3 is 2.33 bits per heavy atom. The molecule has 2 aliphatic rings. The van der Waals surface area contributed by atoms with E-state index in [2.05, 4.69) is 31.2 Å². The summed E-state index contributed by atoms with van der Waals surface area (Å²) in [5, 5.41) is 10.5. The van der Waals surface area contributed by atoms with Crippen molar-refractivity contribution in [3.63, 3.8) is 0 Å². The van der Waals surface area contributed by atoms with Crippen LogP contribution >= 0.6 is 0 Å². The Kier molecular flexibility index (Phi) is 7.96. The van der Waals surface area contributed by atoms with Gasteiger partial charge in [-0.3, -0.25) is 14.5 Å². The summed E-state index contributed by atoms with van der Waals surface area (Å²) in [4.78, 5) is 30.1. The molecule has 4 N–H and O–H groups in total. The number of carbonyl (C=O) groups excluding carboxylic acids is 2. The molecule has 0 saturated carbocycles. The summed E-state index contributed by atoms with van der Waals surface area (Å²) >= 11 is 0. The number of anilines is 1. The molecule has 8 nitrogen and oxygen atoms in total. The zero-order chi connectivity index (χ0) is 23.9. The molecule has 1 aromatic carbocycles. The number of nitrogens with one attached hydrogen (secondary N) is 4. The van der Waals surface area contributed by atoms with Gasteiger partial charge in [0.1, 0.15) is 0 Å². The lowest BCUT2D eigenvalue weighted by Gasteiger charge is -2.33. The minimum Gasteiger partial charge on any atom is -0.355 e. The van der Waals surface area contributed by atoms with Gasteiger partial charge in [0.05, 0.1) is 5.57 Å². The molecule has 0 radical (unpaired) electrons. The van der Waals surface area contributed by atoms with Crippen molar-refractivity contribution in [1.82, 2.24) is 20.9 Å². The first-order chi connectivity index (χ1) is 15.7. The largest absolute Gasteiger partial charge is 0.419 e. The lowest BCUT2D eigenvalue weighted by atomic mass is 10.1. The third-order valence-corrected chi connectivity index (χ3v) is 5.41. The van der Waals surface area contributed by atoms with E-state index in [9.17, 15) is 22.8 Å². The fourth-order valence-corrected chi connectivity index (χ4v) is 3.65. The van der Waals surface area contributed by atoms with E-state index in [1.165, 1.54) is 26.2 Å². The van der Waals surface area contributed by atoms with Crippen LogP contribution in [0, 0.1) is 0 Å². The van der Waals surface area contributed by atoms with Crippen molar-refractivity contribution in [1.29, 1.82) is 0 Å². The van der Waals surface area contributed by atoms with E-state index in [4.69, 9.17) is 0 Å². The van der Waals surface area contributed by atoms with Gasteiger partial charge < -0.3 is 21.3 Å². The molecule has 0 aliphatic carbocycles. The standard InChI is InChI=1S/C22H29F3N6O2/c1-16(32)26-9-10-27-20(33)22(28-13-18(14-29-22)21(23,24)25)30-19-7-5-17(6-8-19)15-31-11-3-2-4-12-31/h5-8,13-14,28,30H,2-4,9-12,15H2,1H3,(H,26,32)(H,27,33). The molecule has 1 aromatic rings. The summed E-state index contributed by atoms with van der Waals surface area (Å²) in [7, 11) is 0. The zero-order valence-corrected chi connectivity index (χ0v) is 18.5. The number of piperidine rings is 1. The van der Waals surface area contributed by atoms with Crippen LogP contribution < -0.4 is 21.3 Å². The van der Waals surface area contributed by atoms with Crippen LogP contribution in [0.15, 0.2) is 41.0 Å². The van der Waals surface area contributed by atoms with Gasteiger partial charge in [0.15, 0.2) is 0 Å². The number of likely N-dealkylation sites (tertiary alicyclic amines) is 1. The molecule has 0 bridgehead atoms. The van der Waals surface area contributed by atoms with Crippen molar-refractivity contribution < 1.29 is 22.8 Å². The van der Waals surface area contributed by atoms with E-state index in [1.54, 1.807) is 12.1 Å². The molecule has 2 heterocycles. The average molecular weight is 467 g/mol. The van der Waals surface area contributed by atoms with Gasteiger partial charge in [-0.15, -0.1) is 0 Å². The summed E-state index contributed by atoms with van der Waals surface area (Å²) in [6, 6.07) is 7.38. The quantitative estimate of drug-likeness (QED) is 0.440. The molecule has 3 rings (SSSR count). The van der Waals surface area contributed by atoms with Gasteiger partial charge in [-0.1, -0.05) is 18.6 Å². The smallest absolute Gasteiger partial charge is 0.355 e. The number of amides is 2. The van der Waals surface area contributed by atoms with E-state index >= 15 is 0 Å². The predicted octanol–water partition coefficient (Wildman–Crippen LogP) is 2.11. The van der Waals surface area contributed by atoms with Gasteiger partial charge in [0.2, 0.25) is 5.91 Å². The van der Waals surface area contributed by atoms with Gasteiger partial charge in [-0.2, -0.15) is 13.2 Å². The van der Waals surface area contributed by atoms with Crippen LogP contribution in [-0.2, 0) is 16.1 Å². The SMILES string of the molecule is CC(=O)NCCNC(=O)C1(Nc2ccc(CN3CCCCC3)cc2)N=CC(C(F)(F)F)=CN1. The number of hydrogen-bond donors (Lipinski definition) is 4. The number of alkyl halides is 3. The van der Waals surface area contributed by atoms with Crippen molar-refractivity contribution >= 4 is 23.7 Å². The molecule has 0 aromatic heterocycles. The molecule has 1 atom stereocenters. The molecule has 1 unspecified atom stereocenters. The Balaban J connectivity index is 1.70. The third kappa shape index (κ3) is 6.95.